The van der Waals surface area contributed by atoms with Crippen molar-refractivity contribution in [2.75, 3.05) is 18.4 Å². The molecule has 15 heavy (non-hydrogen) atoms. The average Bonchev–Trinajstić information content (AvgIpc) is 2.24. The van der Waals surface area contributed by atoms with Crippen LogP contribution in [0.2, 0.25) is 0 Å². The number of nitrogens with one attached hydrogen (secondary N) is 2. The Hall–Kier alpha value is -1.09. The average molecular weight is 208 g/mol. The second-order valence-corrected chi connectivity index (χ2v) is 4.20. The molecule has 2 atom stereocenters. The van der Waals surface area contributed by atoms with Gasteiger partial charge in [0.25, 0.3) is 0 Å². The van der Waals surface area contributed by atoms with Crippen LogP contribution in [-0.4, -0.2) is 19.1 Å². The van der Waals surface area contributed by atoms with Gasteiger partial charge in [0.15, 0.2) is 0 Å². The lowest BCUT2D eigenvalue weighted by Crippen LogP contribution is -2.42. The SMILES string of the molecule is C[C@@H]1CNCC[C@@H]1Nc1ccccc1F. The highest BCUT2D eigenvalue weighted by molar-refractivity contribution is 5.45. The highest BCUT2D eigenvalue weighted by Crippen LogP contribution is 2.19. The van der Waals surface area contributed by atoms with Gasteiger partial charge in [0, 0.05) is 6.04 Å². The molecule has 82 valence electrons. The van der Waals surface area contributed by atoms with Gasteiger partial charge in [-0.1, -0.05) is 19.1 Å². The minimum Gasteiger partial charge on any atom is -0.380 e. The van der Waals surface area contributed by atoms with E-state index in [9.17, 15) is 4.39 Å². The van der Waals surface area contributed by atoms with Gasteiger partial charge in [-0.25, -0.2) is 4.39 Å². The van der Waals surface area contributed by atoms with E-state index in [-0.39, 0.29) is 5.82 Å². The van der Waals surface area contributed by atoms with Crippen molar-refractivity contribution in [2.45, 2.75) is 19.4 Å². The molecule has 0 spiro atoms. The van der Waals surface area contributed by atoms with E-state index in [4.69, 9.17) is 0 Å². The highest BCUT2D eigenvalue weighted by Gasteiger charge is 2.21. The van der Waals surface area contributed by atoms with Crippen molar-refractivity contribution >= 4 is 5.69 Å². The van der Waals surface area contributed by atoms with Gasteiger partial charge in [0.2, 0.25) is 0 Å². The van der Waals surface area contributed by atoms with Crippen LogP contribution < -0.4 is 10.6 Å². The molecule has 1 aromatic carbocycles. The predicted molar refractivity (Wildman–Crippen MR) is 60.5 cm³/mol. The van der Waals surface area contributed by atoms with Gasteiger partial charge in [-0.15, -0.1) is 0 Å². The Morgan fingerprint density at radius 2 is 2.20 bits per heavy atom. The van der Waals surface area contributed by atoms with E-state index in [1.165, 1.54) is 6.07 Å². The van der Waals surface area contributed by atoms with Crippen molar-refractivity contribution in [1.29, 1.82) is 0 Å². The summed E-state index contributed by atoms with van der Waals surface area (Å²) in [5, 5.41) is 6.62. The normalized spacial score (nSPS) is 26.3. The molecule has 0 amide bonds. The molecule has 1 fully saturated rings. The third kappa shape index (κ3) is 2.48. The van der Waals surface area contributed by atoms with Gasteiger partial charge in [-0.3, -0.25) is 0 Å². The van der Waals surface area contributed by atoms with Crippen LogP contribution in [0.25, 0.3) is 0 Å². The van der Waals surface area contributed by atoms with Crippen molar-refractivity contribution in [3.05, 3.63) is 30.1 Å². The molecule has 1 saturated heterocycles. The van der Waals surface area contributed by atoms with E-state index in [1.807, 2.05) is 6.07 Å². The van der Waals surface area contributed by atoms with E-state index < -0.39 is 0 Å². The highest BCUT2D eigenvalue weighted by atomic mass is 19.1. The fourth-order valence-electron chi connectivity index (χ4n) is 2.01. The molecule has 2 rings (SSSR count). The smallest absolute Gasteiger partial charge is 0.146 e. The lowest BCUT2D eigenvalue weighted by atomic mass is 9.95. The van der Waals surface area contributed by atoms with Crippen LogP contribution in [0.5, 0.6) is 0 Å². The van der Waals surface area contributed by atoms with Gasteiger partial charge in [-0.2, -0.15) is 0 Å². The van der Waals surface area contributed by atoms with Crippen molar-refractivity contribution < 1.29 is 4.39 Å². The Bertz CT molecular complexity index is 327. The molecule has 0 bridgehead atoms. The van der Waals surface area contributed by atoms with Crippen molar-refractivity contribution in [2.24, 2.45) is 5.92 Å². The van der Waals surface area contributed by atoms with Crippen LogP contribution in [0.1, 0.15) is 13.3 Å². The third-order valence-corrected chi connectivity index (χ3v) is 3.00. The largest absolute Gasteiger partial charge is 0.380 e. The van der Waals surface area contributed by atoms with Crippen molar-refractivity contribution in [1.82, 2.24) is 5.32 Å². The third-order valence-electron chi connectivity index (χ3n) is 3.00. The molecule has 3 heteroatoms. The van der Waals surface area contributed by atoms with Gasteiger partial charge in [0.1, 0.15) is 5.82 Å². The summed E-state index contributed by atoms with van der Waals surface area (Å²) in [6, 6.07) is 7.24. The number of piperidine rings is 1. The van der Waals surface area contributed by atoms with Gasteiger partial charge in [-0.05, 0) is 37.6 Å². The molecule has 1 aromatic rings. The Kier molecular flexibility index (Phi) is 3.21. The van der Waals surface area contributed by atoms with E-state index in [1.54, 1.807) is 12.1 Å². The number of para-hydroxylation sites is 1. The predicted octanol–water partition coefficient (Wildman–Crippen LogP) is 2.24. The Balaban J connectivity index is 2.04. The van der Waals surface area contributed by atoms with E-state index in [0.29, 0.717) is 17.6 Å². The van der Waals surface area contributed by atoms with Crippen LogP contribution in [0.15, 0.2) is 24.3 Å². The first-order chi connectivity index (χ1) is 7.27. The molecule has 1 heterocycles. The first-order valence-corrected chi connectivity index (χ1v) is 5.49. The van der Waals surface area contributed by atoms with Crippen LogP contribution in [0.3, 0.4) is 0 Å². The van der Waals surface area contributed by atoms with Crippen LogP contribution in [0.4, 0.5) is 10.1 Å². The summed E-state index contributed by atoms with van der Waals surface area (Å²) in [6.07, 6.45) is 1.05. The minimum atomic E-state index is -0.164. The van der Waals surface area contributed by atoms with Crippen LogP contribution in [0, 0.1) is 11.7 Å². The molecule has 0 radical (unpaired) electrons. The van der Waals surface area contributed by atoms with E-state index in [2.05, 4.69) is 17.6 Å². The molecule has 2 N–H and O–H groups in total. The Labute approximate surface area is 89.9 Å². The fraction of sp³-hybridized carbons (Fsp3) is 0.500. The molecule has 1 aliphatic rings. The first-order valence-electron chi connectivity index (χ1n) is 5.49. The molecule has 0 aromatic heterocycles. The molecule has 1 aliphatic heterocycles. The number of hydrogen-bond donors (Lipinski definition) is 2. The van der Waals surface area contributed by atoms with Crippen LogP contribution in [-0.2, 0) is 0 Å². The number of anilines is 1. The van der Waals surface area contributed by atoms with E-state index in [0.717, 1.165) is 19.5 Å². The summed E-state index contributed by atoms with van der Waals surface area (Å²) in [5.74, 6) is 0.376. The second kappa shape index (κ2) is 4.62. The number of benzene rings is 1. The summed E-state index contributed by atoms with van der Waals surface area (Å²) in [4.78, 5) is 0. The fourth-order valence-corrected chi connectivity index (χ4v) is 2.01. The zero-order chi connectivity index (χ0) is 10.7. The summed E-state index contributed by atoms with van der Waals surface area (Å²) in [6.45, 7) is 4.20. The number of hydrogen-bond acceptors (Lipinski definition) is 2. The van der Waals surface area contributed by atoms with Gasteiger partial charge < -0.3 is 10.6 Å². The quantitative estimate of drug-likeness (QED) is 0.779. The molecular formula is C12H17FN2. The summed E-state index contributed by atoms with van der Waals surface area (Å²) in [5.41, 5.74) is 0.622. The van der Waals surface area contributed by atoms with Crippen LogP contribution >= 0.6 is 0 Å². The maximum absolute atomic E-state index is 13.4. The molecule has 0 unspecified atom stereocenters. The summed E-state index contributed by atoms with van der Waals surface area (Å²) < 4.78 is 13.4. The van der Waals surface area contributed by atoms with Crippen molar-refractivity contribution in [3.8, 4) is 0 Å². The standard InChI is InChI=1S/C12H17FN2/c1-9-8-14-7-6-11(9)15-12-5-3-2-4-10(12)13/h2-5,9,11,14-15H,6-8H2,1H3/t9-,11+/m1/s1. The number of halogens is 1. The zero-order valence-corrected chi connectivity index (χ0v) is 8.96. The zero-order valence-electron chi connectivity index (χ0n) is 8.96. The van der Waals surface area contributed by atoms with Gasteiger partial charge in [0.05, 0.1) is 5.69 Å². The van der Waals surface area contributed by atoms with Crippen molar-refractivity contribution in [3.63, 3.8) is 0 Å². The number of rotatable bonds is 2. The Morgan fingerprint density at radius 3 is 2.93 bits per heavy atom. The molecular weight excluding hydrogens is 191 g/mol. The molecule has 0 saturated carbocycles. The molecule has 2 nitrogen and oxygen atoms in total. The first kappa shape index (κ1) is 10.4. The summed E-state index contributed by atoms with van der Waals surface area (Å²) in [7, 11) is 0. The maximum Gasteiger partial charge on any atom is 0.146 e. The molecule has 0 aliphatic carbocycles. The lowest BCUT2D eigenvalue weighted by molar-refractivity contribution is 0.367. The maximum atomic E-state index is 13.4. The van der Waals surface area contributed by atoms with Gasteiger partial charge >= 0.3 is 0 Å². The lowest BCUT2D eigenvalue weighted by Gasteiger charge is -2.31. The summed E-state index contributed by atoms with van der Waals surface area (Å²) >= 11 is 0. The minimum absolute atomic E-state index is 0.164. The van der Waals surface area contributed by atoms with E-state index >= 15 is 0 Å². The topological polar surface area (TPSA) is 24.1 Å². The Morgan fingerprint density at radius 1 is 1.40 bits per heavy atom. The second-order valence-electron chi connectivity index (χ2n) is 4.20. The monoisotopic (exact) mass is 208 g/mol.